The summed E-state index contributed by atoms with van der Waals surface area (Å²) < 4.78 is 0. The summed E-state index contributed by atoms with van der Waals surface area (Å²) in [6, 6.07) is 21.6. The highest BCUT2D eigenvalue weighted by atomic mass is 32.2. The van der Waals surface area contributed by atoms with E-state index in [1.54, 1.807) is 0 Å². The van der Waals surface area contributed by atoms with Crippen molar-refractivity contribution >= 4 is 47.0 Å². The molecule has 0 heterocycles. The van der Waals surface area contributed by atoms with Gasteiger partial charge in [0.2, 0.25) is 0 Å². The van der Waals surface area contributed by atoms with Crippen molar-refractivity contribution < 1.29 is 0 Å². The molecular weight excluding hydrogens is 405 g/mol. The topological polar surface area (TPSA) is 0 Å². The summed E-state index contributed by atoms with van der Waals surface area (Å²) in [4.78, 5) is 0. The van der Waals surface area contributed by atoms with Crippen LogP contribution in [-0.2, 0) is 11.5 Å². The zero-order chi connectivity index (χ0) is 18.8. The minimum atomic E-state index is 1.16. The number of thioether (sulfide) groups is 4. The Labute approximate surface area is 183 Å². The first-order valence-corrected chi connectivity index (χ1v) is 14.5. The van der Waals surface area contributed by atoms with Crippen LogP contribution in [0.25, 0.3) is 0 Å². The van der Waals surface area contributed by atoms with Gasteiger partial charge in [-0.2, -0.15) is 47.0 Å². The maximum absolute atomic E-state index is 2.22. The first kappa shape index (κ1) is 23.1. The van der Waals surface area contributed by atoms with Gasteiger partial charge in [-0.25, -0.2) is 0 Å². The van der Waals surface area contributed by atoms with Gasteiger partial charge >= 0.3 is 0 Å². The van der Waals surface area contributed by atoms with Crippen LogP contribution < -0.4 is 0 Å². The lowest BCUT2D eigenvalue weighted by Crippen LogP contribution is -1.91. The molecule has 0 nitrogen and oxygen atoms in total. The van der Waals surface area contributed by atoms with Gasteiger partial charge in [0.1, 0.15) is 0 Å². The highest BCUT2D eigenvalue weighted by molar-refractivity contribution is 8.00. The zero-order valence-corrected chi connectivity index (χ0v) is 19.5. The molecule has 4 heteroatoms. The Morgan fingerprint density at radius 2 is 0.741 bits per heavy atom. The van der Waals surface area contributed by atoms with E-state index in [0.29, 0.717) is 0 Å². The van der Waals surface area contributed by atoms with E-state index >= 15 is 0 Å². The van der Waals surface area contributed by atoms with E-state index in [0.717, 1.165) is 11.5 Å². The molecule has 0 spiro atoms. The van der Waals surface area contributed by atoms with Crippen LogP contribution in [0.3, 0.4) is 0 Å². The summed E-state index contributed by atoms with van der Waals surface area (Å²) >= 11 is 8.41. The fourth-order valence-corrected chi connectivity index (χ4v) is 6.71. The molecule has 0 unspecified atom stereocenters. The molecule has 0 radical (unpaired) electrons. The van der Waals surface area contributed by atoms with Gasteiger partial charge in [0.25, 0.3) is 0 Å². The first-order valence-electron chi connectivity index (χ1n) is 9.84. The molecule has 27 heavy (non-hydrogen) atoms. The van der Waals surface area contributed by atoms with Crippen LogP contribution in [0.1, 0.15) is 30.4 Å². The number of hydrogen-bond acceptors (Lipinski definition) is 4. The molecule has 0 aliphatic heterocycles. The molecule has 0 saturated heterocycles. The molecule has 0 N–H and O–H groups in total. The molecule has 0 aliphatic carbocycles. The lowest BCUT2D eigenvalue weighted by molar-refractivity contribution is 1.08. The highest BCUT2D eigenvalue weighted by Crippen LogP contribution is 2.17. The van der Waals surface area contributed by atoms with Gasteiger partial charge in [-0.05, 0) is 64.9 Å². The van der Waals surface area contributed by atoms with Crippen LogP contribution in [-0.4, -0.2) is 34.5 Å². The summed E-state index contributed by atoms with van der Waals surface area (Å²) in [5.41, 5.74) is 2.90. The van der Waals surface area contributed by atoms with Crippen LogP contribution in [0.4, 0.5) is 0 Å². The molecule has 0 bridgehead atoms. The maximum atomic E-state index is 2.22. The Hall–Kier alpha value is -0.160. The third kappa shape index (κ3) is 12.8. The van der Waals surface area contributed by atoms with Crippen molar-refractivity contribution in [2.24, 2.45) is 0 Å². The van der Waals surface area contributed by atoms with Gasteiger partial charge in [-0.3, -0.25) is 0 Å². The second kappa shape index (κ2) is 16.8. The van der Waals surface area contributed by atoms with Crippen LogP contribution in [0.5, 0.6) is 0 Å². The van der Waals surface area contributed by atoms with E-state index in [9.17, 15) is 0 Å². The Morgan fingerprint density at radius 1 is 0.407 bits per heavy atom. The lowest BCUT2D eigenvalue weighted by Gasteiger charge is -2.04. The SMILES string of the molecule is c1ccc(CSCCCSCCCSCCCSCc2ccccc2)cc1. The predicted octanol–water partition coefficient (Wildman–Crippen LogP) is 7.49. The van der Waals surface area contributed by atoms with Gasteiger partial charge in [-0.1, -0.05) is 60.7 Å². The van der Waals surface area contributed by atoms with Crippen molar-refractivity contribution in [3.05, 3.63) is 71.8 Å². The molecule has 0 aliphatic rings. The second-order valence-corrected chi connectivity index (χ2v) is 11.0. The molecule has 0 saturated carbocycles. The normalized spacial score (nSPS) is 11.0. The van der Waals surface area contributed by atoms with Gasteiger partial charge in [0.05, 0.1) is 0 Å². The molecular formula is C23H32S4. The van der Waals surface area contributed by atoms with Crippen molar-refractivity contribution in [3.8, 4) is 0 Å². The van der Waals surface area contributed by atoms with Crippen LogP contribution in [0.15, 0.2) is 60.7 Å². The third-order valence-electron chi connectivity index (χ3n) is 3.96. The Bertz CT molecular complexity index is 508. The summed E-state index contributed by atoms with van der Waals surface area (Å²) in [6.07, 6.45) is 4.05. The molecule has 0 atom stereocenters. The molecule has 2 aromatic rings. The van der Waals surface area contributed by atoms with Crippen molar-refractivity contribution in [2.45, 2.75) is 30.8 Å². The Morgan fingerprint density at radius 3 is 1.11 bits per heavy atom. The van der Waals surface area contributed by atoms with E-state index in [-0.39, 0.29) is 0 Å². The minimum Gasteiger partial charge on any atom is -0.162 e. The van der Waals surface area contributed by atoms with Crippen molar-refractivity contribution in [2.75, 3.05) is 34.5 Å². The van der Waals surface area contributed by atoms with Crippen molar-refractivity contribution in [3.63, 3.8) is 0 Å². The smallest absolute Gasteiger partial charge is 0.0184 e. The van der Waals surface area contributed by atoms with E-state index in [4.69, 9.17) is 0 Å². The second-order valence-electron chi connectivity index (χ2n) is 6.36. The van der Waals surface area contributed by atoms with Crippen LogP contribution in [0.2, 0.25) is 0 Å². The van der Waals surface area contributed by atoms with Crippen molar-refractivity contribution in [1.29, 1.82) is 0 Å². The van der Waals surface area contributed by atoms with Gasteiger partial charge in [0.15, 0.2) is 0 Å². The molecule has 2 aromatic carbocycles. The summed E-state index contributed by atoms with van der Waals surface area (Å²) in [5.74, 6) is 10.2. The van der Waals surface area contributed by atoms with Gasteiger partial charge < -0.3 is 0 Å². The average Bonchev–Trinajstić information content (AvgIpc) is 2.72. The summed E-state index contributed by atoms with van der Waals surface area (Å²) in [6.45, 7) is 0. The highest BCUT2D eigenvalue weighted by Gasteiger charge is 1.96. The molecule has 2 rings (SSSR count). The van der Waals surface area contributed by atoms with Gasteiger partial charge in [0, 0.05) is 11.5 Å². The van der Waals surface area contributed by atoms with Crippen molar-refractivity contribution in [1.82, 2.24) is 0 Å². The van der Waals surface area contributed by atoms with E-state index in [1.165, 1.54) is 64.9 Å². The molecule has 0 fully saturated rings. The predicted molar refractivity (Wildman–Crippen MR) is 134 cm³/mol. The molecule has 148 valence electrons. The third-order valence-corrected chi connectivity index (χ3v) is 8.49. The fourth-order valence-electron chi connectivity index (χ4n) is 2.52. The number of benzene rings is 2. The Balaban J connectivity index is 1.26. The zero-order valence-electron chi connectivity index (χ0n) is 16.2. The monoisotopic (exact) mass is 436 g/mol. The van der Waals surface area contributed by atoms with E-state index in [1.807, 2.05) is 0 Å². The van der Waals surface area contributed by atoms with Crippen LogP contribution in [0, 0.1) is 0 Å². The largest absolute Gasteiger partial charge is 0.162 e. The average molecular weight is 437 g/mol. The lowest BCUT2D eigenvalue weighted by atomic mass is 10.2. The van der Waals surface area contributed by atoms with Gasteiger partial charge in [-0.15, -0.1) is 0 Å². The quantitative estimate of drug-likeness (QED) is 0.250. The maximum Gasteiger partial charge on any atom is 0.0184 e. The standard InChI is InChI=1S/C23H32S4/c1-3-10-22(11-4-1)20-26-18-8-16-24-14-7-15-25-17-9-19-27-21-23-12-5-2-6-13-23/h1-6,10-13H,7-9,14-21H2. The van der Waals surface area contributed by atoms with Crippen LogP contribution >= 0.6 is 47.0 Å². The minimum absolute atomic E-state index is 1.16. The number of rotatable bonds is 16. The summed E-state index contributed by atoms with van der Waals surface area (Å²) in [5, 5.41) is 0. The fraction of sp³-hybridized carbons (Fsp3) is 0.478. The molecule has 0 amide bonds. The summed E-state index contributed by atoms with van der Waals surface area (Å²) in [7, 11) is 0. The number of hydrogen-bond donors (Lipinski definition) is 0. The van der Waals surface area contributed by atoms with E-state index in [2.05, 4.69) is 108 Å². The molecule has 0 aromatic heterocycles. The first-order chi connectivity index (χ1) is 13.4. The Kier molecular flexibility index (Phi) is 14.4. The van der Waals surface area contributed by atoms with E-state index < -0.39 is 0 Å².